The molecule has 0 saturated carbocycles. The standard InChI is InChI=1S/C19H21BrN2O3/c1-13(2)11-21-19(24)16-5-3-4-6-17(16)25-12-18(23)22-15-9-7-14(20)8-10-15/h3-10,13H,11-12H2,1-2H3,(H,21,24)(H,22,23). The summed E-state index contributed by atoms with van der Waals surface area (Å²) < 4.78 is 6.47. The van der Waals surface area contributed by atoms with Crippen LogP contribution in [0.2, 0.25) is 0 Å². The van der Waals surface area contributed by atoms with Gasteiger partial charge in [-0.05, 0) is 42.3 Å². The molecule has 0 fully saturated rings. The van der Waals surface area contributed by atoms with Gasteiger partial charge in [-0.15, -0.1) is 0 Å². The molecule has 0 aliphatic rings. The van der Waals surface area contributed by atoms with Crippen molar-refractivity contribution in [2.75, 3.05) is 18.5 Å². The van der Waals surface area contributed by atoms with Crippen LogP contribution >= 0.6 is 15.9 Å². The number of para-hydroxylation sites is 1. The van der Waals surface area contributed by atoms with E-state index in [1.165, 1.54) is 0 Å². The van der Waals surface area contributed by atoms with Gasteiger partial charge >= 0.3 is 0 Å². The number of anilines is 1. The summed E-state index contributed by atoms with van der Waals surface area (Å²) in [5.41, 5.74) is 1.10. The molecule has 132 valence electrons. The van der Waals surface area contributed by atoms with Crippen LogP contribution in [0.3, 0.4) is 0 Å². The zero-order valence-corrected chi connectivity index (χ0v) is 15.8. The lowest BCUT2D eigenvalue weighted by Crippen LogP contribution is -2.28. The maximum atomic E-state index is 12.2. The Morgan fingerprint density at radius 3 is 2.44 bits per heavy atom. The zero-order chi connectivity index (χ0) is 18.2. The van der Waals surface area contributed by atoms with Crippen LogP contribution in [-0.2, 0) is 4.79 Å². The van der Waals surface area contributed by atoms with E-state index in [0.717, 1.165) is 4.47 Å². The predicted molar refractivity (Wildman–Crippen MR) is 102 cm³/mol. The number of hydrogen-bond donors (Lipinski definition) is 2. The van der Waals surface area contributed by atoms with Gasteiger partial charge in [-0.3, -0.25) is 9.59 Å². The number of halogens is 1. The second kappa shape index (κ2) is 9.22. The fourth-order valence-electron chi connectivity index (χ4n) is 2.05. The Morgan fingerprint density at radius 2 is 1.76 bits per heavy atom. The minimum Gasteiger partial charge on any atom is -0.483 e. The number of rotatable bonds is 7. The molecule has 0 aromatic heterocycles. The molecule has 0 aliphatic heterocycles. The first-order chi connectivity index (χ1) is 12.0. The highest BCUT2D eigenvalue weighted by atomic mass is 79.9. The van der Waals surface area contributed by atoms with Gasteiger partial charge in [0.1, 0.15) is 5.75 Å². The molecule has 2 aromatic carbocycles. The minimum atomic E-state index is -0.292. The third-order valence-corrected chi connectivity index (χ3v) is 3.82. The molecule has 0 aliphatic carbocycles. The van der Waals surface area contributed by atoms with E-state index in [1.807, 2.05) is 26.0 Å². The smallest absolute Gasteiger partial charge is 0.262 e. The van der Waals surface area contributed by atoms with E-state index in [-0.39, 0.29) is 18.4 Å². The van der Waals surface area contributed by atoms with Gasteiger partial charge < -0.3 is 15.4 Å². The number of amides is 2. The minimum absolute atomic E-state index is 0.176. The maximum Gasteiger partial charge on any atom is 0.262 e. The second-order valence-corrected chi connectivity index (χ2v) is 6.86. The van der Waals surface area contributed by atoms with Gasteiger partial charge in [0.15, 0.2) is 6.61 Å². The van der Waals surface area contributed by atoms with Crippen molar-refractivity contribution in [2.24, 2.45) is 5.92 Å². The largest absolute Gasteiger partial charge is 0.483 e. The van der Waals surface area contributed by atoms with Crippen molar-refractivity contribution in [1.82, 2.24) is 5.32 Å². The Labute approximate surface area is 155 Å². The number of benzene rings is 2. The van der Waals surface area contributed by atoms with Crippen LogP contribution in [0.4, 0.5) is 5.69 Å². The van der Waals surface area contributed by atoms with Gasteiger partial charge in [0, 0.05) is 16.7 Å². The normalized spacial score (nSPS) is 10.4. The van der Waals surface area contributed by atoms with Crippen molar-refractivity contribution in [1.29, 1.82) is 0 Å². The molecular formula is C19H21BrN2O3. The number of ether oxygens (including phenoxy) is 1. The van der Waals surface area contributed by atoms with Crippen molar-refractivity contribution in [3.05, 3.63) is 58.6 Å². The molecule has 0 saturated heterocycles. The van der Waals surface area contributed by atoms with Crippen LogP contribution in [0.5, 0.6) is 5.75 Å². The van der Waals surface area contributed by atoms with Gasteiger partial charge in [0.05, 0.1) is 5.56 Å². The summed E-state index contributed by atoms with van der Waals surface area (Å²) in [6.07, 6.45) is 0. The fourth-order valence-corrected chi connectivity index (χ4v) is 2.31. The van der Waals surface area contributed by atoms with Crippen LogP contribution in [0.1, 0.15) is 24.2 Å². The Bertz CT molecular complexity index is 730. The molecule has 6 heteroatoms. The van der Waals surface area contributed by atoms with Gasteiger partial charge in [-0.2, -0.15) is 0 Å². The SMILES string of the molecule is CC(C)CNC(=O)c1ccccc1OCC(=O)Nc1ccc(Br)cc1. The first-order valence-corrected chi connectivity index (χ1v) is 8.80. The number of carbonyl (C=O) groups excluding carboxylic acids is 2. The van der Waals surface area contributed by atoms with Crippen molar-refractivity contribution < 1.29 is 14.3 Å². The van der Waals surface area contributed by atoms with Crippen LogP contribution in [0, 0.1) is 5.92 Å². The molecule has 2 rings (SSSR count). The number of hydrogen-bond acceptors (Lipinski definition) is 3. The van der Waals surface area contributed by atoms with Gasteiger partial charge in [-0.25, -0.2) is 0 Å². The van der Waals surface area contributed by atoms with Gasteiger partial charge in [-0.1, -0.05) is 41.9 Å². The highest BCUT2D eigenvalue weighted by Gasteiger charge is 2.13. The molecule has 2 aromatic rings. The van der Waals surface area contributed by atoms with Crippen molar-refractivity contribution in [2.45, 2.75) is 13.8 Å². The van der Waals surface area contributed by atoms with E-state index in [4.69, 9.17) is 4.74 Å². The van der Waals surface area contributed by atoms with Gasteiger partial charge in [0.25, 0.3) is 11.8 Å². The molecule has 0 bridgehead atoms. The topological polar surface area (TPSA) is 67.4 Å². The molecule has 2 amide bonds. The summed E-state index contributed by atoms with van der Waals surface area (Å²) in [4.78, 5) is 24.3. The number of carbonyl (C=O) groups is 2. The third-order valence-electron chi connectivity index (χ3n) is 3.29. The maximum absolute atomic E-state index is 12.2. The van der Waals surface area contributed by atoms with Crippen LogP contribution in [0.25, 0.3) is 0 Å². The monoisotopic (exact) mass is 404 g/mol. The van der Waals surface area contributed by atoms with E-state index in [2.05, 4.69) is 26.6 Å². The average Bonchev–Trinajstić information content (AvgIpc) is 2.60. The lowest BCUT2D eigenvalue weighted by atomic mass is 10.1. The summed E-state index contributed by atoms with van der Waals surface area (Å²) >= 11 is 3.34. The van der Waals surface area contributed by atoms with Crippen LogP contribution < -0.4 is 15.4 Å². The number of nitrogens with one attached hydrogen (secondary N) is 2. The van der Waals surface area contributed by atoms with Gasteiger partial charge in [0.2, 0.25) is 0 Å². The Kier molecular flexibility index (Phi) is 7.01. The van der Waals surface area contributed by atoms with Crippen LogP contribution in [-0.4, -0.2) is 25.0 Å². The van der Waals surface area contributed by atoms with Crippen molar-refractivity contribution in [3.63, 3.8) is 0 Å². The molecule has 25 heavy (non-hydrogen) atoms. The molecule has 0 radical (unpaired) electrons. The third kappa shape index (κ3) is 6.23. The summed E-state index contributed by atoms with van der Waals surface area (Å²) in [5, 5.41) is 5.59. The molecule has 0 unspecified atom stereocenters. The zero-order valence-electron chi connectivity index (χ0n) is 14.2. The van der Waals surface area contributed by atoms with Crippen molar-refractivity contribution in [3.8, 4) is 5.75 Å². The second-order valence-electron chi connectivity index (χ2n) is 5.94. The Hall–Kier alpha value is -2.34. The van der Waals surface area contributed by atoms with Crippen molar-refractivity contribution >= 4 is 33.4 Å². The summed E-state index contributed by atoms with van der Waals surface area (Å²) in [5.74, 6) is 0.237. The average molecular weight is 405 g/mol. The summed E-state index contributed by atoms with van der Waals surface area (Å²) in [7, 11) is 0. The Morgan fingerprint density at radius 1 is 1.08 bits per heavy atom. The first-order valence-electron chi connectivity index (χ1n) is 8.01. The first kappa shape index (κ1) is 19.0. The highest BCUT2D eigenvalue weighted by molar-refractivity contribution is 9.10. The molecule has 0 spiro atoms. The highest BCUT2D eigenvalue weighted by Crippen LogP contribution is 2.18. The van der Waals surface area contributed by atoms with E-state index in [0.29, 0.717) is 29.5 Å². The lowest BCUT2D eigenvalue weighted by molar-refractivity contribution is -0.118. The van der Waals surface area contributed by atoms with Crippen LogP contribution in [0.15, 0.2) is 53.0 Å². The quantitative estimate of drug-likeness (QED) is 0.736. The van der Waals surface area contributed by atoms with E-state index >= 15 is 0 Å². The lowest BCUT2D eigenvalue weighted by Gasteiger charge is -2.12. The summed E-state index contributed by atoms with van der Waals surface area (Å²) in [6, 6.07) is 14.1. The Balaban J connectivity index is 1.94. The molecule has 0 atom stereocenters. The molecule has 2 N–H and O–H groups in total. The van der Waals surface area contributed by atoms with E-state index < -0.39 is 0 Å². The summed E-state index contributed by atoms with van der Waals surface area (Å²) in [6.45, 7) is 4.45. The fraction of sp³-hybridized carbons (Fsp3) is 0.263. The molecule has 0 heterocycles. The van der Waals surface area contributed by atoms with E-state index in [1.54, 1.807) is 36.4 Å². The van der Waals surface area contributed by atoms with E-state index in [9.17, 15) is 9.59 Å². The predicted octanol–water partition coefficient (Wildman–Crippen LogP) is 3.85. The molecule has 5 nitrogen and oxygen atoms in total. The molecular weight excluding hydrogens is 384 g/mol.